The molecule has 2 aromatic heterocycles. The second-order valence-corrected chi connectivity index (χ2v) is 7.24. The van der Waals surface area contributed by atoms with Gasteiger partial charge in [-0.2, -0.15) is 0 Å². The van der Waals surface area contributed by atoms with Crippen LogP contribution in [-0.2, 0) is 6.61 Å². The average Bonchev–Trinajstić information content (AvgIpc) is 2.84. The van der Waals surface area contributed by atoms with E-state index in [1.54, 1.807) is 0 Å². The number of nitrogens with one attached hydrogen (secondary N) is 1. The Labute approximate surface area is 181 Å². The zero-order valence-corrected chi connectivity index (χ0v) is 16.9. The van der Waals surface area contributed by atoms with Gasteiger partial charge in [0, 0.05) is 29.0 Å². The van der Waals surface area contributed by atoms with E-state index in [2.05, 4.69) is 45.6 Å². The lowest BCUT2D eigenvalue weighted by atomic mass is 10.00. The molecule has 0 unspecified atom stereocenters. The van der Waals surface area contributed by atoms with Crippen molar-refractivity contribution in [3.8, 4) is 17.0 Å². The number of aromatic nitrogens is 2. The minimum absolute atomic E-state index is 0.457. The van der Waals surface area contributed by atoms with Crippen molar-refractivity contribution in [3.63, 3.8) is 0 Å². The third-order valence-electron chi connectivity index (χ3n) is 5.10. The summed E-state index contributed by atoms with van der Waals surface area (Å²) in [5, 5.41) is 5.62. The molecule has 0 aliphatic carbocycles. The highest BCUT2D eigenvalue weighted by Gasteiger charge is 2.13. The Morgan fingerprint density at radius 1 is 0.710 bits per heavy atom. The number of anilines is 2. The molecular weight excluding hydrogens is 382 g/mol. The molecule has 0 aliphatic rings. The summed E-state index contributed by atoms with van der Waals surface area (Å²) in [5.41, 5.74) is 5.01. The summed E-state index contributed by atoms with van der Waals surface area (Å²) in [5.74, 6) is 0.603. The smallest absolute Gasteiger partial charge is 0.221 e. The molecule has 5 rings (SSSR count). The molecule has 150 valence electrons. The summed E-state index contributed by atoms with van der Waals surface area (Å²) in [6, 6.07) is 30.5. The van der Waals surface area contributed by atoms with E-state index in [4.69, 9.17) is 4.74 Å². The van der Waals surface area contributed by atoms with Crippen LogP contribution in [0.15, 0.2) is 110 Å². The van der Waals surface area contributed by atoms with Gasteiger partial charge in [0.15, 0.2) is 0 Å². The molecule has 0 saturated heterocycles. The molecule has 4 heteroatoms. The molecule has 1 N–H and O–H groups in total. The maximum Gasteiger partial charge on any atom is 0.221 e. The second kappa shape index (κ2) is 8.67. The van der Waals surface area contributed by atoms with E-state index in [1.807, 2.05) is 79.3 Å². The molecule has 2 heterocycles. The number of nitrogens with zero attached hydrogens (tertiary/aromatic N) is 2. The summed E-state index contributed by atoms with van der Waals surface area (Å²) in [4.78, 5) is 8.93. The molecule has 0 bridgehead atoms. The quantitative estimate of drug-likeness (QED) is 0.346. The molecule has 4 nitrogen and oxygen atoms in total. The van der Waals surface area contributed by atoms with Crippen molar-refractivity contribution in [2.75, 3.05) is 5.32 Å². The van der Waals surface area contributed by atoms with Crippen LogP contribution in [0.4, 0.5) is 11.4 Å². The minimum atomic E-state index is 0.457. The Morgan fingerprint density at radius 3 is 2.35 bits per heavy atom. The van der Waals surface area contributed by atoms with Crippen molar-refractivity contribution < 1.29 is 4.74 Å². The van der Waals surface area contributed by atoms with Crippen LogP contribution in [0.25, 0.3) is 21.9 Å². The predicted molar refractivity (Wildman–Crippen MR) is 125 cm³/mol. The van der Waals surface area contributed by atoms with E-state index in [-0.39, 0.29) is 0 Å². The lowest BCUT2D eigenvalue weighted by molar-refractivity contribution is 0.295. The van der Waals surface area contributed by atoms with Crippen LogP contribution in [0, 0.1) is 0 Å². The number of para-hydroxylation sites is 1. The summed E-state index contributed by atoms with van der Waals surface area (Å²) >= 11 is 0. The number of benzene rings is 3. The van der Waals surface area contributed by atoms with Gasteiger partial charge in [-0.1, -0.05) is 66.7 Å². The van der Waals surface area contributed by atoms with Crippen molar-refractivity contribution >= 4 is 22.1 Å². The van der Waals surface area contributed by atoms with Crippen LogP contribution in [0.5, 0.6) is 5.88 Å². The van der Waals surface area contributed by atoms with E-state index in [0.717, 1.165) is 38.8 Å². The fourth-order valence-corrected chi connectivity index (χ4v) is 3.60. The summed E-state index contributed by atoms with van der Waals surface area (Å²) in [6.07, 6.45) is 5.50. The lowest BCUT2D eigenvalue weighted by Gasteiger charge is -2.15. The minimum Gasteiger partial charge on any atom is -0.472 e. The number of rotatable bonds is 6. The first-order chi connectivity index (χ1) is 15.4. The Morgan fingerprint density at radius 2 is 1.52 bits per heavy atom. The van der Waals surface area contributed by atoms with Gasteiger partial charge >= 0.3 is 0 Å². The first-order valence-electron chi connectivity index (χ1n) is 10.2. The van der Waals surface area contributed by atoms with Gasteiger partial charge in [-0.3, -0.25) is 4.98 Å². The molecule has 31 heavy (non-hydrogen) atoms. The molecule has 0 aliphatic heterocycles. The van der Waals surface area contributed by atoms with Crippen molar-refractivity contribution in [1.29, 1.82) is 0 Å². The van der Waals surface area contributed by atoms with Crippen LogP contribution in [0.1, 0.15) is 5.56 Å². The van der Waals surface area contributed by atoms with Gasteiger partial charge in [-0.05, 0) is 40.8 Å². The number of fused-ring (bicyclic) bond motifs is 1. The Hall–Kier alpha value is -4.18. The number of ether oxygens (including phenoxy) is 1. The van der Waals surface area contributed by atoms with Gasteiger partial charge in [-0.25, -0.2) is 4.98 Å². The van der Waals surface area contributed by atoms with Gasteiger partial charge in [0.05, 0.1) is 11.9 Å². The SMILES string of the molecule is c1ccc(COc2ncc(Nc3ccccc3)cc2-c2cccc3cnccc23)cc1. The summed E-state index contributed by atoms with van der Waals surface area (Å²) in [6.45, 7) is 0.457. The third-order valence-corrected chi connectivity index (χ3v) is 5.10. The molecule has 0 spiro atoms. The zero-order chi connectivity index (χ0) is 20.9. The standard InChI is InChI=1S/C27H21N3O/c1-3-8-20(9-4-1)19-31-27-26(25-13-7-10-21-17-28-15-14-24(21)25)16-23(18-29-27)30-22-11-5-2-6-12-22/h1-18,30H,19H2. The molecular formula is C27H21N3O. The molecule has 5 aromatic rings. The van der Waals surface area contributed by atoms with Gasteiger partial charge in [0.25, 0.3) is 0 Å². The highest BCUT2D eigenvalue weighted by molar-refractivity contribution is 5.97. The highest BCUT2D eigenvalue weighted by atomic mass is 16.5. The van der Waals surface area contributed by atoms with Crippen LogP contribution in [0.3, 0.4) is 0 Å². The summed E-state index contributed by atoms with van der Waals surface area (Å²) in [7, 11) is 0. The van der Waals surface area contributed by atoms with Gasteiger partial charge in [-0.15, -0.1) is 0 Å². The first-order valence-corrected chi connectivity index (χ1v) is 10.2. The largest absolute Gasteiger partial charge is 0.472 e. The van der Waals surface area contributed by atoms with Crippen LogP contribution >= 0.6 is 0 Å². The van der Waals surface area contributed by atoms with E-state index in [0.29, 0.717) is 12.5 Å². The van der Waals surface area contributed by atoms with Crippen LogP contribution < -0.4 is 10.1 Å². The topological polar surface area (TPSA) is 47.0 Å². The number of hydrogen-bond acceptors (Lipinski definition) is 4. The number of pyridine rings is 2. The lowest BCUT2D eigenvalue weighted by Crippen LogP contribution is -2.01. The number of hydrogen-bond donors (Lipinski definition) is 1. The first kappa shape index (κ1) is 18.8. The van der Waals surface area contributed by atoms with Crippen molar-refractivity contribution in [2.24, 2.45) is 0 Å². The fraction of sp³-hybridized carbons (Fsp3) is 0.0370. The van der Waals surface area contributed by atoms with Crippen LogP contribution in [-0.4, -0.2) is 9.97 Å². The third kappa shape index (κ3) is 4.23. The Bertz CT molecular complexity index is 1300. The molecule has 0 fully saturated rings. The fourth-order valence-electron chi connectivity index (χ4n) is 3.60. The highest BCUT2D eigenvalue weighted by Crippen LogP contribution is 2.36. The molecule has 0 amide bonds. The maximum atomic E-state index is 6.18. The van der Waals surface area contributed by atoms with Gasteiger partial charge in [0.1, 0.15) is 6.61 Å². The van der Waals surface area contributed by atoms with E-state index >= 15 is 0 Å². The summed E-state index contributed by atoms with van der Waals surface area (Å²) < 4.78 is 6.18. The monoisotopic (exact) mass is 403 g/mol. The Kier molecular flexibility index (Phi) is 5.27. The molecule has 0 radical (unpaired) electrons. The zero-order valence-electron chi connectivity index (χ0n) is 16.9. The van der Waals surface area contributed by atoms with Crippen molar-refractivity contribution in [1.82, 2.24) is 9.97 Å². The average molecular weight is 403 g/mol. The van der Waals surface area contributed by atoms with E-state index in [1.165, 1.54) is 0 Å². The predicted octanol–water partition coefficient (Wildman–Crippen LogP) is 6.62. The second-order valence-electron chi connectivity index (χ2n) is 7.24. The normalized spacial score (nSPS) is 10.7. The van der Waals surface area contributed by atoms with Crippen LogP contribution in [0.2, 0.25) is 0 Å². The molecule has 3 aromatic carbocycles. The van der Waals surface area contributed by atoms with E-state index < -0.39 is 0 Å². The van der Waals surface area contributed by atoms with E-state index in [9.17, 15) is 0 Å². The molecule has 0 saturated carbocycles. The van der Waals surface area contributed by atoms with Crippen molar-refractivity contribution in [2.45, 2.75) is 6.61 Å². The van der Waals surface area contributed by atoms with Gasteiger partial charge < -0.3 is 10.1 Å². The van der Waals surface area contributed by atoms with Gasteiger partial charge in [0.2, 0.25) is 5.88 Å². The Balaban J connectivity index is 1.57. The van der Waals surface area contributed by atoms with Crippen molar-refractivity contribution in [3.05, 3.63) is 115 Å². The maximum absolute atomic E-state index is 6.18. The molecule has 0 atom stereocenters.